The molecule has 0 fully saturated rings. The Morgan fingerprint density at radius 2 is 1.71 bits per heavy atom. The first-order valence-electron chi connectivity index (χ1n) is 5.16. The summed E-state index contributed by atoms with van der Waals surface area (Å²) in [4.78, 5) is 0. The van der Waals surface area contributed by atoms with Crippen LogP contribution in [-0.4, -0.2) is 0 Å². The van der Waals surface area contributed by atoms with E-state index in [1.54, 1.807) is 12.5 Å². The summed E-state index contributed by atoms with van der Waals surface area (Å²) in [5.74, 6) is 0. The third-order valence-corrected chi connectivity index (χ3v) is 1.59. The maximum Gasteiger partial charge on any atom is 0.0901 e. The average molecular weight is 192 g/mol. The molecule has 0 unspecified atom stereocenters. The van der Waals surface area contributed by atoms with Crippen LogP contribution in [0, 0.1) is 0 Å². The second kappa shape index (κ2) is 11.8. The van der Waals surface area contributed by atoms with Crippen LogP contribution in [-0.2, 0) is 4.74 Å². The zero-order valence-electron chi connectivity index (χ0n) is 9.15. The molecule has 1 nitrogen and oxygen atoms in total. The van der Waals surface area contributed by atoms with Crippen molar-refractivity contribution in [2.45, 2.75) is 33.1 Å². The molecule has 0 heterocycles. The van der Waals surface area contributed by atoms with Crippen molar-refractivity contribution in [1.29, 1.82) is 0 Å². The number of allylic oxidation sites excluding steroid dienone is 6. The summed E-state index contributed by atoms with van der Waals surface area (Å²) in [6, 6.07) is 0. The van der Waals surface area contributed by atoms with Crippen LogP contribution in [0.15, 0.2) is 49.0 Å². The highest BCUT2D eigenvalue weighted by atomic mass is 16.5. The molecule has 0 aliphatic rings. The molecule has 0 aliphatic heterocycles. The fraction of sp³-hybridized carbons (Fsp3) is 0.385. The third-order valence-electron chi connectivity index (χ3n) is 1.59. The van der Waals surface area contributed by atoms with Crippen molar-refractivity contribution in [2.24, 2.45) is 0 Å². The first-order chi connectivity index (χ1) is 6.91. The standard InChI is InChI=1S/C13H20O/c1-3-5-7-8-9-11-13-14-12-10-6-4-2/h4,6,8-13H,3,5,7H2,1-2H3. The monoisotopic (exact) mass is 192 g/mol. The molecule has 0 aromatic carbocycles. The Morgan fingerprint density at radius 3 is 2.36 bits per heavy atom. The van der Waals surface area contributed by atoms with Crippen LogP contribution in [0.5, 0.6) is 0 Å². The molecule has 0 saturated carbocycles. The molecule has 1 heteroatoms. The average Bonchev–Trinajstić information content (AvgIpc) is 2.21. The van der Waals surface area contributed by atoms with Crippen molar-refractivity contribution >= 4 is 0 Å². The lowest BCUT2D eigenvalue weighted by Gasteiger charge is -1.87. The summed E-state index contributed by atoms with van der Waals surface area (Å²) >= 11 is 0. The van der Waals surface area contributed by atoms with E-state index in [4.69, 9.17) is 4.74 Å². The predicted octanol–water partition coefficient (Wildman–Crippen LogP) is 4.35. The zero-order chi connectivity index (χ0) is 10.5. The SMILES string of the molecule is CC=CC=COC=CC=CCCCC. The highest BCUT2D eigenvalue weighted by molar-refractivity contribution is 5.02. The van der Waals surface area contributed by atoms with Gasteiger partial charge in [-0.1, -0.05) is 44.1 Å². The van der Waals surface area contributed by atoms with Gasteiger partial charge in [0, 0.05) is 0 Å². The molecule has 0 rings (SSSR count). The molecule has 78 valence electrons. The van der Waals surface area contributed by atoms with E-state index in [1.807, 2.05) is 37.3 Å². The van der Waals surface area contributed by atoms with Crippen molar-refractivity contribution < 1.29 is 4.74 Å². The van der Waals surface area contributed by atoms with Crippen molar-refractivity contribution in [3.8, 4) is 0 Å². The van der Waals surface area contributed by atoms with E-state index in [-0.39, 0.29) is 0 Å². The second-order valence-corrected chi connectivity index (χ2v) is 2.89. The van der Waals surface area contributed by atoms with Gasteiger partial charge in [-0.3, -0.25) is 0 Å². The summed E-state index contributed by atoms with van der Waals surface area (Å²) in [6.45, 7) is 4.16. The van der Waals surface area contributed by atoms with Gasteiger partial charge in [0.15, 0.2) is 0 Å². The summed E-state index contributed by atoms with van der Waals surface area (Å²) in [6.07, 6.45) is 18.8. The Morgan fingerprint density at radius 1 is 1.00 bits per heavy atom. The summed E-state index contributed by atoms with van der Waals surface area (Å²) in [5.41, 5.74) is 0. The number of unbranched alkanes of at least 4 members (excludes halogenated alkanes) is 2. The lowest BCUT2D eigenvalue weighted by molar-refractivity contribution is 0.403. The fourth-order valence-electron chi connectivity index (χ4n) is 0.835. The fourth-order valence-corrected chi connectivity index (χ4v) is 0.835. The van der Waals surface area contributed by atoms with E-state index in [2.05, 4.69) is 13.0 Å². The maximum absolute atomic E-state index is 5.08. The van der Waals surface area contributed by atoms with Gasteiger partial charge in [-0.05, 0) is 25.5 Å². The zero-order valence-corrected chi connectivity index (χ0v) is 9.15. The Bertz CT molecular complexity index is 209. The van der Waals surface area contributed by atoms with E-state index < -0.39 is 0 Å². The molecule has 0 aliphatic carbocycles. The minimum absolute atomic E-state index is 1.15. The summed E-state index contributed by atoms with van der Waals surface area (Å²) in [5, 5.41) is 0. The van der Waals surface area contributed by atoms with E-state index >= 15 is 0 Å². The second-order valence-electron chi connectivity index (χ2n) is 2.89. The Hall–Kier alpha value is -1.24. The maximum atomic E-state index is 5.08. The Balaban J connectivity index is 3.39. The number of ether oxygens (including phenoxy) is 1. The normalized spacial score (nSPS) is 12.7. The molecule has 0 amide bonds. The quantitative estimate of drug-likeness (QED) is 0.331. The highest BCUT2D eigenvalue weighted by Crippen LogP contribution is 1.94. The molecule has 14 heavy (non-hydrogen) atoms. The lowest BCUT2D eigenvalue weighted by Crippen LogP contribution is -1.66. The molecule has 0 spiro atoms. The van der Waals surface area contributed by atoms with Gasteiger partial charge < -0.3 is 4.74 Å². The molecular formula is C13H20O. The van der Waals surface area contributed by atoms with Crippen LogP contribution < -0.4 is 0 Å². The largest absolute Gasteiger partial charge is 0.473 e. The van der Waals surface area contributed by atoms with Gasteiger partial charge in [0.2, 0.25) is 0 Å². The minimum Gasteiger partial charge on any atom is -0.473 e. The third kappa shape index (κ3) is 10.8. The first kappa shape index (κ1) is 12.8. The van der Waals surface area contributed by atoms with Crippen LogP contribution in [0.1, 0.15) is 33.1 Å². The van der Waals surface area contributed by atoms with Gasteiger partial charge in [-0.15, -0.1) is 0 Å². The number of hydrogen-bond donors (Lipinski definition) is 0. The lowest BCUT2D eigenvalue weighted by atomic mass is 10.2. The van der Waals surface area contributed by atoms with E-state index in [0.29, 0.717) is 0 Å². The van der Waals surface area contributed by atoms with Crippen LogP contribution in [0.2, 0.25) is 0 Å². The van der Waals surface area contributed by atoms with Crippen molar-refractivity contribution in [1.82, 2.24) is 0 Å². The van der Waals surface area contributed by atoms with Crippen LogP contribution >= 0.6 is 0 Å². The van der Waals surface area contributed by atoms with Gasteiger partial charge in [-0.25, -0.2) is 0 Å². The molecule has 0 saturated heterocycles. The Kier molecular flexibility index (Phi) is 10.7. The van der Waals surface area contributed by atoms with Crippen LogP contribution in [0.25, 0.3) is 0 Å². The van der Waals surface area contributed by atoms with Gasteiger partial charge in [0.05, 0.1) is 12.5 Å². The minimum atomic E-state index is 1.15. The molecular weight excluding hydrogens is 172 g/mol. The molecule has 0 atom stereocenters. The molecule has 0 bridgehead atoms. The number of hydrogen-bond acceptors (Lipinski definition) is 1. The van der Waals surface area contributed by atoms with Gasteiger partial charge >= 0.3 is 0 Å². The van der Waals surface area contributed by atoms with Crippen LogP contribution in [0.3, 0.4) is 0 Å². The molecule has 0 aromatic heterocycles. The van der Waals surface area contributed by atoms with Gasteiger partial charge in [0.25, 0.3) is 0 Å². The first-order valence-corrected chi connectivity index (χ1v) is 5.16. The summed E-state index contributed by atoms with van der Waals surface area (Å²) in [7, 11) is 0. The van der Waals surface area contributed by atoms with Gasteiger partial charge in [0.1, 0.15) is 0 Å². The predicted molar refractivity (Wildman–Crippen MR) is 62.8 cm³/mol. The molecule has 0 N–H and O–H groups in total. The Labute approximate surface area is 87.5 Å². The van der Waals surface area contributed by atoms with Crippen molar-refractivity contribution in [3.05, 3.63) is 49.0 Å². The van der Waals surface area contributed by atoms with E-state index in [9.17, 15) is 0 Å². The van der Waals surface area contributed by atoms with Crippen molar-refractivity contribution in [2.75, 3.05) is 0 Å². The van der Waals surface area contributed by atoms with E-state index in [0.717, 1.165) is 6.42 Å². The van der Waals surface area contributed by atoms with Crippen molar-refractivity contribution in [3.63, 3.8) is 0 Å². The molecule has 0 aromatic rings. The van der Waals surface area contributed by atoms with Crippen LogP contribution in [0.4, 0.5) is 0 Å². The summed E-state index contributed by atoms with van der Waals surface area (Å²) < 4.78 is 5.08. The highest BCUT2D eigenvalue weighted by Gasteiger charge is 1.75. The topological polar surface area (TPSA) is 9.23 Å². The van der Waals surface area contributed by atoms with E-state index in [1.165, 1.54) is 12.8 Å². The van der Waals surface area contributed by atoms with Gasteiger partial charge in [-0.2, -0.15) is 0 Å². The molecule has 0 radical (unpaired) electrons. The number of rotatable bonds is 7. The smallest absolute Gasteiger partial charge is 0.0901 e.